The zero-order chi connectivity index (χ0) is 22.5. The van der Waals surface area contributed by atoms with Gasteiger partial charge in [0.1, 0.15) is 0 Å². The quantitative estimate of drug-likeness (QED) is 0.464. The largest absolute Gasteiger partial charge is 0.326 e. The second-order valence-corrected chi connectivity index (χ2v) is 10.8. The fourth-order valence-corrected chi connectivity index (χ4v) is 6.45. The summed E-state index contributed by atoms with van der Waals surface area (Å²) in [5.41, 5.74) is 3.65. The third-order valence-corrected chi connectivity index (χ3v) is 8.66. The van der Waals surface area contributed by atoms with Gasteiger partial charge < -0.3 is 5.32 Å². The van der Waals surface area contributed by atoms with Crippen LogP contribution in [0.4, 0.5) is 21.9 Å². The number of sulfonamides is 1. The monoisotopic (exact) mass is 531 g/mol. The van der Waals surface area contributed by atoms with Gasteiger partial charge in [-0.25, -0.2) is 13.2 Å². The number of hydrogen-bond donors (Lipinski definition) is 1. The third kappa shape index (κ3) is 3.56. The fourth-order valence-electron chi connectivity index (χ4n) is 4.18. The highest BCUT2D eigenvalue weighted by molar-refractivity contribution is 9.10. The number of fused-ring (bicyclic) bond motifs is 2. The Kier molecular flexibility index (Phi) is 5.39. The SMILES string of the molecule is O=C1Nc2cccc(Br)c2CN1c1cc(S(=O)(=O)N2CCCc3ccccc32)ccc1Cl. The first-order valence-electron chi connectivity index (χ1n) is 10.1. The number of urea groups is 1. The van der Waals surface area contributed by atoms with Crippen molar-refractivity contribution in [1.82, 2.24) is 0 Å². The Morgan fingerprint density at radius 3 is 2.66 bits per heavy atom. The molecule has 5 rings (SSSR count). The lowest BCUT2D eigenvalue weighted by Crippen LogP contribution is -2.39. The van der Waals surface area contributed by atoms with E-state index in [1.807, 2.05) is 42.5 Å². The average molecular weight is 533 g/mol. The van der Waals surface area contributed by atoms with Gasteiger partial charge in [-0.3, -0.25) is 9.21 Å². The van der Waals surface area contributed by atoms with Crippen LogP contribution in [0.15, 0.2) is 70.0 Å². The zero-order valence-corrected chi connectivity index (χ0v) is 20.0. The van der Waals surface area contributed by atoms with Gasteiger partial charge in [0.25, 0.3) is 10.0 Å². The first-order valence-corrected chi connectivity index (χ1v) is 12.7. The van der Waals surface area contributed by atoms with Gasteiger partial charge >= 0.3 is 6.03 Å². The van der Waals surface area contributed by atoms with Gasteiger partial charge in [-0.05, 0) is 54.8 Å². The summed E-state index contributed by atoms with van der Waals surface area (Å²) in [6.45, 7) is 0.667. The summed E-state index contributed by atoms with van der Waals surface area (Å²) in [7, 11) is -3.83. The van der Waals surface area contributed by atoms with Crippen molar-refractivity contribution in [3.05, 3.63) is 81.3 Å². The number of anilines is 3. The molecule has 2 heterocycles. The topological polar surface area (TPSA) is 69.7 Å². The van der Waals surface area contributed by atoms with Crippen LogP contribution in [0.2, 0.25) is 5.02 Å². The van der Waals surface area contributed by atoms with Crippen LogP contribution in [0.1, 0.15) is 17.5 Å². The second-order valence-electron chi connectivity index (χ2n) is 7.70. The van der Waals surface area contributed by atoms with Crippen LogP contribution in [0.25, 0.3) is 0 Å². The van der Waals surface area contributed by atoms with E-state index < -0.39 is 10.0 Å². The van der Waals surface area contributed by atoms with Crippen molar-refractivity contribution in [1.29, 1.82) is 0 Å². The van der Waals surface area contributed by atoms with Crippen LogP contribution < -0.4 is 14.5 Å². The lowest BCUT2D eigenvalue weighted by molar-refractivity contribution is 0.256. The highest BCUT2D eigenvalue weighted by atomic mass is 79.9. The molecule has 3 aromatic carbocycles. The molecule has 0 atom stereocenters. The summed E-state index contributed by atoms with van der Waals surface area (Å²) in [6.07, 6.45) is 1.59. The van der Waals surface area contributed by atoms with Crippen molar-refractivity contribution < 1.29 is 13.2 Å². The van der Waals surface area contributed by atoms with Gasteiger partial charge in [-0.15, -0.1) is 0 Å². The molecule has 9 heteroatoms. The molecular formula is C23H19BrClN3O3S. The number of aryl methyl sites for hydroxylation is 1. The van der Waals surface area contributed by atoms with Crippen LogP contribution >= 0.6 is 27.5 Å². The summed E-state index contributed by atoms with van der Waals surface area (Å²) in [5, 5.41) is 3.15. The maximum absolute atomic E-state index is 13.6. The van der Waals surface area contributed by atoms with Gasteiger partial charge in [0, 0.05) is 22.3 Å². The molecule has 0 spiro atoms. The van der Waals surface area contributed by atoms with E-state index in [0.29, 0.717) is 28.6 Å². The van der Waals surface area contributed by atoms with Crippen molar-refractivity contribution in [2.24, 2.45) is 0 Å². The van der Waals surface area contributed by atoms with Crippen LogP contribution in [-0.4, -0.2) is 21.0 Å². The molecule has 6 nitrogen and oxygen atoms in total. The Hall–Kier alpha value is -2.55. The molecule has 3 aromatic rings. The predicted octanol–water partition coefficient (Wildman–Crippen LogP) is 5.80. The minimum atomic E-state index is -3.83. The Balaban J connectivity index is 1.55. The van der Waals surface area contributed by atoms with Gasteiger partial charge in [0.2, 0.25) is 0 Å². The first-order chi connectivity index (χ1) is 15.4. The third-order valence-electron chi connectivity index (χ3n) is 5.79. The number of nitrogens with one attached hydrogen (secondary N) is 1. The molecule has 1 N–H and O–H groups in total. The zero-order valence-electron chi connectivity index (χ0n) is 16.9. The summed E-state index contributed by atoms with van der Waals surface area (Å²) in [4.78, 5) is 14.4. The van der Waals surface area contributed by atoms with E-state index in [1.54, 1.807) is 0 Å². The van der Waals surface area contributed by atoms with Crippen molar-refractivity contribution in [3.63, 3.8) is 0 Å². The molecule has 2 aliphatic heterocycles. The van der Waals surface area contributed by atoms with E-state index in [0.717, 1.165) is 28.4 Å². The standard InChI is InChI=1S/C23H19BrClN3O3S/c24-18-7-3-8-20-17(18)14-27(23(29)26-20)22-13-16(10-11-19(22)25)32(30,31)28-12-4-6-15-5-1-2-9-21(15)28/h1-3,5,7-11,13H,4,6,12,14H2,(H,26,29). The van der Waals surface area contributed by atoms with Gasteiger partial charge in [0.05, 0.1) is 27.8 Å². The van der Waals surface area contributed by atoms with E-state index in [2.05, 4.69) is 21.2 Å². The Labute approximate surface area is 200 Å². The van der Waals surface area contributed by atoms with Crippen LogP contribution in [0, 0.1) is 0 Å². The number of carbonyl (C=O) groups excluding carboxylic acids is 1. The first kappa shape index (κ1) is 21.3. The summed E-state index contributed by atoms with van der Waals surface area (Å²) < 4.78 is 29.5. The Bertz CT molecular complexity index is 1350. The molecule has 0 saturated heterocycles. The van der Waals surface area contributed by atoms with E-state index >= 15 is 0 Å². The van der Waals surface area contributed by atoms with E-state index in [9.17, 15) is 13.2 Å². The highest BCUT2D eigenvalue weighted by Crippen LogP contribution is 2.38. The predicted molar refractivity (Wildman–Crippen MR) is 130 cm³/mol. The second kappa shape index (κ2) is 8.10. The lowest BCUT2D eigenvalue weighted by Gasteiger charge is -2.32. The average Bonchev–Trinajstić information content (AvgIpc) is 2.79. The van der Waals surface area contributed by atoms with E-state index in [4.69, 9.17) is 11.6 Å². The van der Waals surface area contributed by atoms with Crippen molar-refractivity contribution in [3.8, 4) is 0 Å². The summed E-state index contributed by atoms with van der Waals surface area (Å²) in [5.74, 6) is 0. The fraction of sp³-hybridized carbons (Fsp3) is 0.174. The van der Waals surface area contributed by atoms with Gasteiger partial charge in [0.15, 0.2) is 0 Å². The summed E-state index contributed by atoms with van der Waals surface area (Å²) in [6, 6.07) is 17.2. The molecular weight excluding hydrogens is 514 g/mol. The molecule has 0 aromatic heterocycles. The molecule has 0 aliphatic carbocycles. The van der Waals surface area contributed by atoms with E-state index in [1.165, 1.54) is 27.4 Å². The minimum Gasteiger partial charge on any atom is -0.307 e. The summed E-state index contributed by atoms with van der Waals surface area (Å²) >= 11 is 9.96. The number of halogens is 2. The minimum absolute atomic E-state index is 0.0966. The Morgan fingerprint density at radius 1 is 1.00 bits per heavy atom. The van der Waals surface area contributed by atoms with Gasteiger partial charge in [-0.2, -0.15) is 0 Å². The molecule has 0 bridgehead atoms. The number of carbonyl (C=O) groups is 1. The van der Waals surface area contributed by atoms with Crippen LogP contribution in [-0.2, 0) is 23.0 Å². The smallest absolute Gasteiger partial charge is 0.307 e. The number of para-hydroxylation sites is 1. The molecule has 2 amide bonds. The highest BCUT2D eigenvalue weighted by Gasteiger charge is 2.32. The van der Waals surface area contributed by atoms with E-state index in [-0.39, 0.29) is 17.5 Å². The maximum atomic E-state index is 13.6. The van der Waals surface area contributed by atoms with Crippen molar-refractivity contribution in [2.45, 2.75) is 24.3 Å². The number of rotatable bonds is 3. The number of amides is 2. The number of benzene rings is 3. The molecule has 32 heavy (non-hydrogen) atoms. The molecule has 0 unspecified atom stereocenters. The molecule has 0 radical (unpaired) electrons. The molecule has 2 aliphatic rings. The van der Waals surface area contributed by atoms with Crippen LogP contribution in [0.5, 0.6) is 0 Å². The molecule has 0 saturated carbocycles. The number of hydrogen-bond acceptors (Lipinski definition) is 3. The van der Waals surface area contributed by atoms with Crippen molar-refractivity contribution in [2.75, 3.05) is 21.1 Å². The normalized spacial score (nSPS) is 15.8. The Morgan fingerprint density at radius 2 is 1.81 bits per heavy atom. The molecule has 164 valence electrons. The van der Waals surface area contributed by atoms with Crippen molar-refractivity contribution >= 4 is 60.6 Å². The lowest BCUT2D eigenvalue weighted by atomic mass is 10.0. The maximum Gasteiger partial charge on any atom is 0.326 e. The van der Waals surface area contributed by atoms with Gasteiger partial charge in [-0.1, -0.05) is 51.8 Å². The van der Waals surface area contributed by atoms with Crippen LogP contribution in [0.3, 0.4) is 0 Å². The molecule has 0 fully saturated rings. The number of nitrogens with zero attached hydrogens (tertiary/aromatic N) is 2.